The van der Waals surface area contributed by atoms with E-state index in [-0.39, 0.29) is 5.97 Å². The summed E-state index contributed by atoms with van der Waals surface area (Å²) in [6.45, 7) is 0.330. The number of esters is 1. The van der Waals surface area contributed by atoms with Gasteiger partial charge in [0.1, 0.15) is 6.61 Å². The molecule has 0 aliphatic carbocycles. The molecular formula is C10H9IO2. The molecule has 3 heteroatoms. The van der Waals surface area contributed by atoms with Crippen LogP contribution in [0.1, 0.15) is 10.4 Å². The van der Waals surface area contributed by atoms with Crippen LogP contribution < -0.4 is 0 Å². The third kappa shape index (κ3) is 3.59. The molecule has 68 valence electrons. The van der Waals surface area contributed by atoms with Crippen molar-refractivity contribution in [2.75, 3.05) is 6.61 Å². The van der Waals surface area contributed by atoms with Gasteiger partial charge in [-0.3, -0.25) is 0 Å². The minimum atomic E-state index is -0.282. The van der Waals surface area contributed by atoms with Crippen molar-refractivity contribution in [2.45, 2.75) is 0 Å². The van der Waals surface area contributed by atoms with E-state index in [4.69, 9.17) is 4.74 Å². The summed E-state index contributed by atoms with van der Waals surface area (Å²) < 4.78 is 6.75. The summed E-state index contributed by atoms with van der Waals surface area (Å²) in [7, 11) is 0. The van der Waals surface area contributed by atoms with Crippen molar-refractivity contribution >= 4 is 28.6 Å². The minimum Gasteiger partial charge on any atom is -0.458 e. The monoisotopic (exact) mass is 288 g/mol. The van der Waals surface area contributed by atoms with Gasteiger partial charge in [-0.15, -0.1) is 0 Å². The van der Waals surface area contributed by atoms with Crippen LogP contribution in [0, 0.1) is 0 Å². The van der Waals surface area contributed by atoms with Gasteiger partial charge in [0.05, 0.1) is 5.56 Å². The van der Waals surface area contributed by atoms with Crippen LogP contribution in [0.3, 0.4) is 0 Å². The fraction of sp³-hybridized carbons (Fsp3) is 0.100. The van der Waals surface area contributed by atoms with Crippen LogP contribution in [0.25, 0.3) is 0 Å². The van der Waals surface area contributed by atoms with E-state index in [1.807, 2.05) is 22.3 Å². The number of rotatable bonds is 3. The van der Waals surface area contributed by atoms with Gasteiger partial charge in [0.2, 0.25) is 0 Å². The first-order valence-corrected chi connectivity index (χ1v) is 5.06. The van der Waals surface area contributed by atoms with Gasteiger partial charge in [0.15, 0.2) is 0 Å². The summed E-state index contributed by atoms with van der Waals surface area (Å²) in [5.74, 6) is -0.282. The normalized spacial score (nSPS) is 10.2. The highest BCUT2D eigenvalue weighted by molar-refractivity contribution is 14.1. The van der Waals surface area contributed by atoms with Gasteiger partial charge in [-0.25, -0.2) is 4.79 Å². The molecule has 0 bridgehead atoms. The smallest absolute Gasteiger partial charge is 0.338 e. The average Bonchev–Trinajstić information content (AvgIpc) is 2.19. The van der Waals surface area contributed by atoms with Crippen LogP contribution >= 0.6 is 22.6 Å². The molecule has 0 amide bonds. The van der Waals surface area contributed by atoms with E-state index in [0.717, 1.165) is 0 Å². The molecule has 0 aliphatic rings. The predicted molar refractivity (Wildman–Crippen MR) is 59.9 cm³/mol. The Morgan fingerprint density at radius 3 is 2.69 bits per heavy atom. The molecule has 0 aliphatic heterocycles. The van der Waals surface area contributed by atoms with E-state index in [9.17, 15) is 4.79 Å². The highest BCUT2D eigenvalue weighted by Gasteiger charge is 2.03. The first-order chi connectivity index (χ1) is 6.34. The Bertz CT molecular complexity index is 293. The summed E-state index contributed by atoms with van der Waals surface area (Å²) in [6.07, 6.45) is 1.78. The first kappa shape index (κ1) is 10.2. The van der Waals surface area contributed by atoms with Crippen LogP contribution in [-0.4, -0.2) is 12.6 Å². The Kier molecular flexibility index (Phi) is 4.53. The van der Waals surface area contributed by atoms with E-state index in [1.165, 1.54) is 0 Å². The molecule has 1 rings (SSSR count). The second kappa shape index (κ2) is 5.75. The third-order valence-electron chi connectivity index (χ3n) is 1.41. The lowest BCUT2D eigenvalue weighted by molar-refractivity contribution is 0.0549. The average molecular weight is 288 g/mol. The van der Waals surface area contributed by atoms with Gasteiger partial charge in [-0.1, -0.05) is 40.8 Å². The largest absolute Gasteiger partial charge is 0.458 e. The SMILES string of the molecule is O=C(OC/C=C\I)c1ccccc1. The molecule has 0 N–H and O–H groups in total. The van der Waals surface area contributed by atoms with Crippen LogP contribution in [0.4, 0.5) is 0 Å². The molecule has 0 heterocycles. The summed E-state index contributed by atoms with van der Waals surface area (Å²) in [4.78, 5) is 11.3. The summed E-state index contributed by atoms with van der Waals surface area (Å²) in [5.41, 5.74) is 0.587. The first-order valence-electron chi connectivity index (χ1n) is 3.82. The van der Waals surface area contributed by atoms with Crippen molar-refractivity contribution in [2.24, 2.45) is 0 Å². The standard InChI is InChI=1S/C10H9IO2/c11-7-4-8-13-10(12)9-5-2-1-3-6-9/h1-7H,8H2/b7-4-. The van der Waals surface area contributed by atoms with Crippen molar-refractivity contribution in [3.63, 3.8) is 0 Å². The Balaban J connectivity index is 2.49. The maximum atomic E-state index is 11.3. The number of halogens is 1. The van der Waals surface area contributed by atoms with E-state index >= 15 is 0 Å². The zero-order valence-corrected chi connectivity index (χ0v) is 9.10. The Hall–Kier alpha value is -0.840. The number of hydrogen-bond donors (Lipinski definition) is 0. The zero-order chi connectivity index (χ0) is 9.52. The second-order valence-corrected chi connectivity index (χ2v) is 3.05. The van der Waals surface area contributed by atoms with Crippen molar-refractivity contribution < 1.29 is 9.53 Å². The Morgan fingerprint density at radius 2 is 2.08 bits per heavy atom. The molecule has 0 fully saturated rings. The van der Waals surface area contributed by atoms with Crippen molar-refractivity contribution in [3.8, 4) is 0 Å². The summed E-state index contributed by atoms with van der Waals surface area (Å²) in [5, 5.41) is 0. The van der Waals surface area contributed by atoms with Gasteiger partial charge in [0.25, 0.3) is 0 Å². The number of benzene rings is 1. The summed E-state index contributed by atoms with van der Waals surface area (Å²) in [6, 6.07) is 8.95. The number of carbonyl (C=O) groups is 1. The molecule has 0 spiro atoms. The third-order valence-corrected chi connectivity index (χ3v) is 1.92. The maximum absolute atomic E-state index is 11.3. The molecule has 1 aromatic rings. The number of hydrogen-bond acceptors (Lipinski definition) is 2. The van der Waals surface area contributed by atoms with Crippen molar-refractivity contribution in [1.29, 1.82) is 0 Å². The number of ether oxygens (including phenoxy) is 1. The quantitative estimate of drug-likeness (QED) is 0.631. The molecule has 2 nitrogen and oxygen atoms in total. The van der Waals surface area contributed by atoms with E-state index in [1.54, 1.807) is 18.2 Å². The number of carbonyl (C=O) groups excluding carboxylic acids is 1. The molecule has 0 radical (unpaired) electrons. The zero-order valence-electron chi connectivity index (χ0n) is 6.94. The molecule has 0 saturated carbocycles. The Labute approximate surface area is 90.7 Å². The highest BCUT2D eigenvalue weighted by Crippen LogP contribution is 2.00. The fourth-order valence-electron chi connectivity index (χ4n) is 0.818. The molecule has 0 atom stereocenters. The molecule has 1 aromatic carbocycles. The van der Waals surface area contributed by atoms with Crippen LogP contribution in [0.15, 0.2) is 40.5 Å². The van der Waals surface area contributed by atoms with Gasteiger partial charge in [-0.05, 0) is 22.3 Å². The highest BCUT2D eigenvalue weighted by atomic mass is 127. The second-order valence-electron chi connectivity index (χ2n) is 2.33. The van der Waals surface area contributed by atoms with Gasteiger partial charge in [-0.2, -0.15) is 0 Å². The van der Waals surface area contributed by atoms with Crippen LogP contribution in [0.2, 0.25) is 0 Å². The fourth-order valence-corrected chi connectivity index (χ4v) is 1.03. The van der Waals surface area contributed by atoms with Crippen molar-refractivity contribution in [3.05, 3.63) is 46.1 Å². The predicted octanol–water partition coefficient (Wildman–Crippen LogP) is 2.79. The van der Waals surface area contributed by atoms with Gasteiger partial charge >= 0.3 is 5.97 Å². The minimum absolute atomic E-state index is 0.282. The van der Waals surface area contributed by atoms with Crippen LogP contribution in [0.5, 0.6) is 0 Å². The summed E-state index contributed by atoms with van der Waals surface area (Å²) >= 11 is 2.08. The van der Waals surface area contributed by atoms with E-state index in [0.29, 0.717) is 12.2 Å². The molecular weight excluding hydrogens is 279 g/mol. The van der Waals surface area contributed by atoms with Gasteiger partial charge < -0.3 is 4.74 Å². The van der Waals surface area contributed by atoms with E-state index in [2.05, 4.69) is 22.6 Å². The maximum Gasteiger partial charge on any atom is 0.338 e. The lowest BCUT2D eigenvalue weighted by Gasteiger charge is -2.00. The van der Waals surface area contributed by atoms with Gasteiger partial charge in [0, 0.05) is 0 Å². The molecule has 13 heavy (non-hydrogen) atoms. The lowest BCUT2D eigenvalue weighted by Crippen LogP contribution is -2.04. The molecule has 0 unspecified atom stereocenters. The molecule has 0 aromatic heterocycles. The topological polar surface area (TPSA) is 26.3 Å². The lowest BCUT2D eigenvalue weighted by atomic mass is 10.2. The molecule has 0 saturated heterocycles. The van der Waals surface area contributed by atoms with E-state index < -0.39 is 0 Å². The van der Waals surface area contributed by atoms with Crippen LogP contribution in [-0.2, 0) is 4.74 Å². The Morgan fingerprint density at radius 1 is 1.38 bits per heavy atom. The van der Waals surface area contributed by atoms with Crippen molar-refractivity contribution in [1.82, 2.24) is 0 Å².